The summed E-state index contributed by atoms with van der Waals surface area (Å²) < 4.78 is 33.5. The largest absolute Gasteiger partial charge is 0.494 e. The molecule has 1 heterocycles. The van der Waals surface area contributed by atoms with Crippen LogP contribution < -0.4 is 23.7 Å². The molecule has 1 aromatic heterocycles. The van der Waals surface area contributed by atoms with E-state index in [0.29, 0.717) is 60.6 Å². The van der Waals surface area contributed by atoms with Crippen molar-refractivity contribution in [2.45, 2.75) is 40.9 Å². The van der Waals surface area contributed by atoms with Crippen molar-refractivity contribution < 1.29 is 38.3 Å². The molecule has 0 radical (unpaired) electrons. The summed E-state index contributed by atoms with van der Waals surface area (Å²) in [6, 6.07) is 10.5. The number of aliphatic hydroxyl groups excluding tert-OH is 1. The van der Waals surface area contributed by atoms with Crippen LogP contribution >= 0.6 is 0 Å². The molecule has 3 rings (SSSR count). The molecule has 0 saturated carbocycles. The Bertz CT molecular complexity index is 1240. The summed E-state index contributed by atoms with van der Waals surface area (Å²) in [6.45, 7) is 13.9. The smallest absolute Gasteiger partial charge is 0.335 e. The van der Waals surface area contributed by atoms with Crippen LogP contribution in [-0.2, 0) is 9.53 Å². The summed E-state index contributed by atoms with van der Waals surface area (Å²) in [5, 5.41) is 10.1. The van der Waals surface area contributed by atoms with E-state index < -0.39 is 18.9 Å². The fourth-order valence-corrected chi connectivity index (χ4v) is 3.50. The van der Waals surface area contributed by atoms with Crippen LogP contribution in [0.5, 0.6) is 29.0 Å². The highest BCUT2D eigenvalue weighted by Crippen LogP contribution is 2.36. The molecule has 40 heavy (non-hydrogen) atoms. The zero-order valence-corrected chi connectivity index (χ0v) is 23.4. The number of esters is 1. The van der Waals surface area contributed by atoms with Crippen molar-refractivity contribution in [3.63, 3.8) is 0 Å². The molecular formula is C29H35N3O8. The molecular weight excluding hydrogens is 518 g/mol. The maximum atomic E-state index is 11.8. The van der Waals surface area contributed by atoms with Crippen molar-refractivity contribution >= 4 is 5.97 Å². The van der Waals surface area contributed by atoms with Crippen LogP contribution in [-0.4, -0.2) is 65.4 Å². The fourth-order valence-electron chi connectivity index (χ4n) is 3.50. The first kappa shape index (κ1) is 30.2. The third-order valence-electron chi connectivity index (χ3n) is 5.17. The number of rotatable bonds is 15. The van der Waals surface area contributed by atoms with Gasteiger partial charge < -0.3 is 33.5 Å². The van der Waals surface area contributed by atoms with Crippen LogP contribution in [0.25, 0.3) is 22.8 Å². The fraction of sp³-hybridized carbons (Fsp3) is 0.379. The van der Waals surface area contributed by atoms with Crippen LogP contribution in [0.3, 0.4) is 0 Å². The number of nitrogens with zero attached hydrogens (tertiary/aromatic N) is 3. The first-order valence-electron chi connectivity index (χ1n) is 13.0. The van der Waals surface area contributed by atoms with E-state index in [9.17, 15) is 9.90 Å². The molecule has 11 nitrogen and oxygen atoms in total. The molecule has 0 amide bonds. The molecule has 3 aromatic rings. The molecule has 0 spiro atoms. The minimum atomic E-state index is -1.57. The molecule has 1 N–H and O–H groups in total. The number of carbonyl (C=O) groups is 1. The molecule has 214 valence electrons. The van der Waals surface area contributed by atoms with Crippen LogP contribution in [0.1, 0.15) is 34.6 Å². The van der Waals surface area contributed by atoms with Gasteiger partial charge in [-0.3, -0.25) is 0 Å². The molecule has 1 unspecified atom stereocenters. The average molecular weight is 554 g/mol. The van der Waals surface area contributed by atoms with Gasteiger partial charge in [-0.15, -0.1) is 0 Å². The molecule has 0 aliphatic rings. The predicted molar refractivity (Wildman–Crippen MR) is 148 cm³/mol. The summed E-state index contributed by atoms with van der Waals surface area (Å²) in [5.74, 6) is 2.01. The lowest BCUT2D eigenvalue weighted by atomic mass is 10.1. The SMILES string of the molecule is C=C(C)C(=O)OC(O)COc1nc(-c2ccc(OCC)cc2OCC)nc(-c2ccc(OCC)cc2OCC)n1. The lowest BCUT2D eigenvalue weighted by Crippen LogP contribution is -2.25. The topological polar surface area (TPSA) is 131 Å². The van der Waals surface area contributed by atoms with Crippen molar-refractivity contribution in [3.05, 3.63) is 48.6 Å². The normalized spacial score (nSPS) is 11.3. The van der Waals surface area contributed by atoms with Gasteiger partial charge in [0.2, 0.25) is 6.29 Å². The minimum absolute atomic E-state index is 0.113. The second-order valence-electron chi connectivity index (χ2n) is 8.26. The highest BCUT2D eigenvalue weighted by atomic mass is 16.7. The number of hydrogen-bond donors (Lipinski definition) is 1. The number of carbonyl (C=O) groups excluding carboxylic acids is 1. The van der Waals surface area contributed by atoms with Gasteiger partial charge in [0.15, 0.2) is 18.3 Å². The number of aromatic nitrogens is 3. The number of benzene rings is 2. The van der Waals surface area contributed by atoms with E-state index in [2.05, 4.69) is 16.5 Å². The quantitative estimate of drug-likeness (QED) is 0.161. The summed E-state index contributed by atoms with van der Waals surface area (Å²) in [6.07, 6.45) is -1.57. The van der Waals surface area contributed by atoms with E-state index >= 15 is 0 Å². The summed E-state index contributed by atoms with van der Waals surface area (Å²) in [4.78, 5) is 25.4. The molecule has 11 heteroatoms. The van der Waals surface area contributed by atoms with Gasteiger partial charge in [0.05, 0.1) is 37.6 Å². The lowest BCUT2D eigenvalue weighted by molar-refractivity contribution is -0.167. The Morgan fingerprint density at radius 2 is 1.25 bits per heavy atom. The van der Waals surface area contributed by atoms with Crippen molar-refractivity contribution in [1.82, 2.24) is 15.0 Å². The molecule has 0 aliphatic carbocycles. The van der Waals surface area contributed by atoms with Crippen molar-refractivity contribution in [2.75, 3.05) is 33.0 Å². The zero-order chi connectivity index (χ0) is 29.1. The highest BCUT2D eigenvalue weighted by Gasteiger charge is 2.20. The highest BCUT2D eigenvalue weighted by molar-refractivity contribution is 5.87. The Balaban J connectivity index is 2.10. The summed E-state index contributed by atoms with van der Waals surface area (Å²) in [5.41, 5.74) is 1.27. The maximum Gasteiger partial charge on any atom is 0.335 e. The van der Waals surface area contributed by atoms with E-state index in [-0.39, 0.29) is 23.2 Å². The van der Waals surface area contributed by atoms with Gasteiger partial charge >= 0.3 is 12.0 Å². The standard InChI is InChI=1S/C29H35N3O8/c1-7-35-19-11-13-21(23(15-19)37-9-3)26-30-27(22-14-12-20(36-8-2)16-24(22)38-10-4)32-29(31-26)39-17-25(33)40-28(34)18(5)6/h11-16,25,33H,5,7-10,17H2,1-4,6H3. The van der Waals surface area contributed by atoms with E-state index in [1.165, 1.54) is 6.92 Å². The van der Waals surface area contributed by atoms with E-state index in [1.807, 2.05) is 27.7 Å². The molecule has 0 fully saturated rings. The van der Waals surface area contributed by atoms with Gasteiger partial charge in [0.25, 0.3) is 0 Å². The Hall–Kier alpha value is -4.38. The summed E-state index contributed by atoms with van der Waals surface area (Å²) in [7, 11) is 0. The zero-order valence-electron chi connectivity index (χ0n) is 23.4. The van der Waals surface area contributed by atoms with Gasteiger partial charge in [-0.05, 0) is 58.9 Å². The Morgan fingerprint density at radius 3 is 1.68 bits per heavy atom. The van der Waals surface area contributed by atoms with Gasteiger partial charge in [-0.25, -0.2) is 9.78 Å². The Kier molecular flexibility index (Phi) is 11.1. The van der Waals surface area contributed by atoms with Gasteiger partial charge in [-0.1, -0.05) is 6.58 Å². The van der Waals surface area contributed by atoms with Gasteiger partial charge in [0.1, 0.15) is 23.0 Å². The van der Waals surface area contributed by atoms with Crippen molar-refractivity contribution in [2.24, 2.45) is 0 Å². The van der Waals surface area contributed by atoms with Gasteiger partial charge in [-0.2, -0.15) is 9.97 Å². The number of hydrogen-bond acceptors (Lipinski definition) is 11. The maximum absolute atomic E-state index is 11.8. The Labute approximate surface area is 233 Å². The molecule has 0 aliphatic heterocycles. The molecule has 2 aromatic carbocycles. The van der Waals surface area contributed by atoms with Crippen LogP contribution in [0.15, 0.2) is 48.6 Å². The molecule has 1 atom stereocenters. The lowest BCUT2D eigenvalue weighted by Gasteiger charge is -2.16. The van der Waals surface area contributed by atoms with Crippen LogP contribution in [0, 0.1) is 0 Å². The first-order valence-corrected chi connectivity index (χ1v) is 13.0. The summed E-state index contributed by atoms with van der Waals surface area (Å²) >= 11 is 0. The second-order valence-corrected chi connectivity index (χ2v) is 8.26. The van der Waals surface area contributed by atoms with Crippen LogP contribution in [0.2, 0.25) is 0 Å². The first-order chi connectivity index (χ1) is 19.3. The van der Waals surface area contributed by atoms with E-state index in [1.54, 1.807) is 36.4 Å². The third kappa shape index (κ3) is 8.06. The minimum Gasteiger partial charge on any atom is -0.494 e. The monoisotopic (exact) mass is 553 g/mol. The molecule has 0 bridgehead atoms. The number of ether oxygens (including phenoxy) is 6. The van der Waals surface area contributed by atoms with E-state index in [0.717, 1.165) is 0 Å². The van der Waals surface area contributed by atoms with Crippen molar-refractivity contribution in [3.8, 4) is 51.8 Å². The van der Waals surface area contributed by atoms with Gasteiger partial charge in [0, 0.05) is 17.7 Å². The average Bonchev–Trinajstić information content (AvgIpc) is 2.93. The van der Waals surface area contributed by atoms with Crippen LogP contribution in [0.4, 0.5) is 0 Å². The van der Waals surface area contributed by atoms with Crippen molar-refractivity contribution in [1.29, 1.82) is 0 Å². The number of aliphatic hydroxyl groups is 1. The Morgan fingerprint density at radius 1 is 0.775 bits per heavy atom. The van der Waals surface area contributed by atoms with E-state index in [4.69, 9.17) is 33.4 Å². The predicted octanol–water partition coefficient (Wildman–Crippen LogP) is 4.62. The third-order valence-corrected chi connectivity index (χ3v) is 5.17. The second kappa shape index (κ2) is 14.7. The molecule has 0 saturated heterocycles.